The summed E-state index contributed by atoms with van der Waals surface area (Å²) >= 11 is 0. The van der Waals surface area contributed by atoms with Crippen LogP contribution in [-0.4, -0.2) is 11.1 Å². The van der Waals surface area contributed by atoms with Crippen LogP contribution in [0.5, 0.6) is 0 Å². The van der Waals surface area contributed by atoms with Gasteiger partial charge in [-0.15, -0.1) is 0 Å². The fourth-order valence-corrected chi connectivity index (χ4v) is 1.07. The van der Waals surface area contributed by atoms with Crippen molar-refractivity contribution in [3.63, 3.8) is 0 Å². The van der Waals surface area contributed by atoms with Crippen molar-refractivity contribution in [3.05, 3.63) is 41.5 Å². The van der Waals surface area contributed by atoms with Crippen LogP contribution in [0.25, 0.3) is 6.08 Å². The van der Waals surface area contributed by atoms with Crippen LogP contribution < -0.4 is 5.48 Å². The first-order valence-corrected chi connectivity index (χ1v) is 5.47. The smallest absolute Gasteiger partial charge is 0.267 e. The van der Waals surface area contributed by atoms with Crippen LogP contribution in [0.1, 0.15) is 31.9 Å². The number of aryl methyl sites for hydroxylation is 1. The summed E-state index contributed by atoms with van der Waals surface area (Å²) in [6, 6.07) is 7.88. The van der Waals surface area contributed by atoms with Gasteiger partial charge in [-0.1, -0.05) is 45.0 Å². The quantitative estimate of drug-likeness (QED) is 0.468. The Morgan fingerprint density at radius 3 is 2.31 bits per heavy atom. The standard InChI is InChI=1S/C11H13NO2.C2H6/c1-2-9-3-5-10(6-4-9)7-8-11(13)12-14;1-2/h3-8,14H,2H2,1H3,(H,12,13);1-2H3/b8-7+;. The molecule has 0 aliphatic carbocycles. The average Bonchev–Trinajstić information content (AvgIpc) is 2.38. The molecule has 0 aliphatic heterocycles. The Labute approximate surface area is 96.8 Å². The van der Waals surface area contributed by atoms with Gasteiger partial charge in [0.1, 0.15) is 0 Å². The van der Waals surface area contributed by atoms with Gasteiger partial charge in [0.05, 0.1) is 0 Å². The van der Waals surface area contributed by atoms with Crippen molar-refractivity contribution in [1.29, 1.82) is 0 Å². The normalized spacial score (nSPS) is 9.50. The topological polar surface area (TPSA) is 49.3 Å². The molecule has 0 atom stereocenters. The lowest BCUT2D eigenvalue weighted by molar-refractivity contribution is -0.124. The zero-order chi connectivity index (χ0) is 12.4. The molecule has 0 aliphatic rings. The maximum Gasteiger partial charge on any atom is 0.267 e. The van der Waals surface area contributed by atoms with Crippen LogP contribution >= 0.6 is 0 Å². The van der Waals surface area contributed by atoms with Crippen LogP contribution in [0.15, 0.2) is 30.3 Å². The highest BCUT2D eigenvalue weighted by Gasteiger charge is 1.91. The summed E-state index contributed by atoms with van der Waals surface area (Å²) in [6.07, 6.45) is 3.92. The van der Waals surface area contributed by atoms with Crippen molar-refractivity contribution in [2.24, 2.45) is 0 Å². The molecule has 1 rings (SSSR count). The fourth-order valence-electron chi connectivity index (χ4n) is 1.07. The summed E-state index contributed by atoms with van der Waals surface area (Å²) in [5.74, 6) is -0.524. The van der Waals surface area contributed by atoms with Gasteiger partial charge in [0.2, 0.25) is 0 Å². The summed E-state index contributed by atoms with van der Waals surface area (Å²) < 4.78 is 0. The molecule has 1 aromatic carbocycles. The minimum atomic E-state index is -0.524. The van der Waals surface area contributed by atoms with Gasteiger partial charge < -0.3 is 0 Å². The van der Waals surface area contributed by atoms with Gasteiger partial charge in [0.25, 0.3) is 5.91 Å². The molecule has 0 heterocycles. The lowest BCUT2D eigenvalue weighted by Gasteiger charge is -1.96. The molecule has 0 aromatic heterocycles. The number of amides is 1. The Kier molecular flexibility index (Phi) is 7.81. The monoisotopic (exact) mass is 221 g/mol. The molecule has 0 radical (unpaired) electrons. The zero-order valence-electron chi connectivity index (χ0n) is 10.0. The van der Waals surface area contributed by atoms with E-state index in [0.29, 0.717) is 0 Å². The first kappa shape index (κ1) is 14.4. The number of nitrogens with one attached hydrogen (secondary N) is 1. The molecule has 0 unspecified atom stereocenters. The van der Waals surface area contributed by atoms with Crippen molar-refractivity contribution < 1.29 is 10.0 Å². The van der Waals surface area contributed by atoms with Gasteiger partial charge >= 0.3 is 0 Å². The molecular weight excluding hydrogens is 202 g/mol. The predicted octanol–water partition coefficient (Wildman–Crippen LogP) is 2.79. The number of hydrogen-bond donors (Lipinski definition) is 2. The van der Waals surface area contributed by atoms with E-state index in [1.807, 2.05) is 38.1 Å². The largest absolute Gasteiger partial charge is 0.288 e. The Hall–Kier alpha value is -1.61. The lowest BCUT2D eigenvalue weighted by atomic mass is 10.1. The number of hydroxylamine groups is 1. The molecule has 1 amide bonds. The Balaban J connectivity index is 0.00000106. The molecule has 0 spiro atoms. The van der Waals surface area contributed by atoms with Gasteiger partial charge in [0.15, 0.2) is 0 Å². The summed E-state index contributed by atoms with van der Waals surface area (Å²) in [7, 11) is 0. The van der Waals surface area contributed by atoms with Gasteiger partial charge in [-0.2, -0.15) is 0 Å². The van der Waals surface area contributed by atoms with Crippen molar-refractivity contribution in [1.82, 2.24) is 5.48 Å². The van der Waals surface area contributed by atoms with E-state index >= 15 is 0 Å². The molecule has 0 fully saturated rings. The maximum absolute atomic E-state index is 10.7. The van der Waals surface area contributed by atoms with Gasteiger partial charge in [-0.05, 0) is 23.6 Å². The van der Waals surface area contributed by atoms with Crippen molar-refractivity contribution in [2.75, 3.05) is 0 Å². The molecule has 2 N–H and O–H groups in total. The van der Waals surface area contributed by atoms with Crippen LogP contribution in [0, 0.1) is 0 Å². The SMILES string of the molecule is CC.CCc1ccc(/C=C/C(=O)NO)cc1. The second-order valence-corrected chi connectivity index (χ2v) is 2.90. The summed E-state index contributed by atoms with van der Waals surface area (Å²) in [4.78, 5) is 10.7. The van der Waals surface area contributed by atoms with E-state index < -0.39 is 5.91 Å². The Morgan fingerprint density at radius 2 is 1.88 bits per heavy atom. The minimum Gasteiger partial charge on any atom is -0.288 e. The number of rotatable bonds is 3. The van der Waals surface area contributed by atoms with Crippen molar-refractivity contribution >= 4 is 12.0 Å². The minimum absolute atomic E-state index is 0.524. The second-order valence-electron chi connectivity index (χ2n) is 2.90. The number of carbonyl (C=O) groups is 1. The second kappa shape index (κ2) is 8.68. The number of hydrogen-bond acceptors (Lipinski definition) is 2. The van der Waals surface area contributed by atoms with E-state index in [4.69, 9.17) is 5.21 Å². The van der Waals surface area contributed by atoms with E-state index in [1.165, 1.54) is 17.1 Å². The number of benzene rings is 1. The van der Waals surface area contributed by atoms with Gasteiger partial charge in [-0.25, -0.2) is 5.48 Å². The predicted molar refractivity (Wildman–Crippen MR) is 66.1 cm³/mol. The van der Waals surface area contributed by atoms with E-state index in [2.05, 4.69) is 6.92 Å². The highest BCUT2D eigenvalue weighted by atomic mass is 16.5. The maximum atomic E-state index is 10.7. The molecule has 1 aromatic rings. The molecular formula is C13H19NO2. The molecule has 0 saturated heterocycles. The Bertz CT molecular complexity index is 328. The summed E-state index contributed by atoms with van der Waals surface area (Å²) in [5, 5.41) is 8.24. The summed E-state index contributed by atoms with van der Waals surface area (Å²) in [6.45, 7) is 6.09. The molecule has 0 bridgehead atoms. The fraction of sp³-hybridized carbons (Fsp3) is 0.308. The van der Waals surface area contributed by atoms with E-state index in [9.17, 15) is 4.79 Å². The van der Waals surface area contributed by atoms with E-state index in [-0.39, 0.29) is 0 Å². The highest BCUT2D eigenvalue weighted by molar-refractivity contribution is 5.90. The van der Waals surface area contributed by atoms with Crippen molar-refractivity contribution in [3.8, 4) is 0 Å². The highest BCUT2D eigenvalue weighted by Crippen LogP contribution is 2.06. The molecule has 16 heavy (non-hydrogen) atoms. The molecule has 0 saturated carbocycles. The van der Waals surface area contributed by atoms with Crippen LogP contribution in [0.2, 0.25) is 0 Å². The van der Waals surface area contributed by atoms with Crippen LogP contribution in [0.4, 0.5) is 0 Å². The third-order valence-corrected chi connectivity index (χ3v) is 1.93. The van der Waals surface area contributed by atoms with Gasteiger partial charge in [0, 0.05) is 6.08 Å². The zero-order valence-corrected chi connectivity index (χ0v) is 10.0. The molecule has 3 nitrogen and oxygen atoms in total. The van der Waals surface area contributed by atoms with Crippen molar-refractivity contribution in [2.45, 2.75) is 27.2 Å². The third-order valence-electron chi connectivity index (χ3n) is 1.93. The van der Waals surface area contributed by atoms with E-state index in [1.54, 1.807) is 6.08 Å². The first-order chi connectivity index (χ1) is 7.76. The number of carbonyl (C=O) groups excluding carboxylic acids is 1. The average molecular weight is 221 g/mol. The molecule has 88 valence electrons. The molecule has 3 heteroatoms. The Morgan fingerprint density at radius 1 is 1.31 bits per heavy atom. The summed E-state index contributed by atoms with van der Waals surface area (Å²) in [5.41, 5.74) is 3.73. The van der Waals surface area contributed by atoms with Gasteiger partial charge in [-0.3, -0.25) is 10.0 Å². The van der Waals surface area contributed by atoms with Crippen LogP contribution in [-0.2, 0) is 11.2 Å². The third kappa shape index (κ3) is 5.32. The van der Waals surface area contributed by atoms with Crippen LogP contribution in [0.3, 0.4) is 0 Å². The first-order valence-electron chi connectivity index (χ1n) is 5.47. The van der Waals surface area contributed by atoms with E-state index in [0.717, 1.165) is 12.0 Å². The lowest BCUT2D eigenvalue weighted by Crippen LogP contribution is -2.14.